The molecule has 1 unspecified atom stereocenters. The minimum atomic E-state index is 0.410. The third-order valence-corrected chi connectivity index (χ3v) is 2.95. The summed E-state index contributed by atoms with van der Waals surface area (Å²) < 4.78 is 6.83. The van der Waals surface area contributed by atoms with E-state index in [1.54, 1.807) is 18.1 Å². The van der Waals surface area contributed by atoms with E-state index in [2.05, 4.69) is 22.3 Å². The van der Waals surface area contributed by atoms with Gasteiger partial charge >= 0.3 is 0 Å². The lowest BCUT2D eigenvalue weighted by Gasteiger charge is -2.15. The van der Waals surface area contributed by atoms with Crippen molar-refractivity contribution in [1.29, 1.82) is 0 Å². The topological polar surface area (TPSA) is 52.0 Å². The maximum Gasteiger partial charge on any atom is 0.138 e. The number of anilines is 1. The van der Waals surface area contributed by atoms with Crippen LogP contribution >= 0.6 is 11.6 Å². The van der Waals surface area contributed by atoms with E-state index in [0.29, 0.717) is 17.5 Å². The molecule has 1 heterocycles. The van der Waals surface area contributed by atoms with Crippen molar-refractivity contribution in [2.45, 2.75) is 6.92 Å². The molecule has 102 valence electrons. The van der Waals surface area contributed by atoms with Gasteiger partial charge in [-0.1, -0.05) is 18.5 Å². The zero-order valence-corrected chi connectivity index (χ0v) is 11.8. The Morgan fingerprint density at radius 3 is 3.00 bits per heavy atom. The number of rotatable bonds is 6. The molecule has 2 rings (SSSR count). The summed E-state index contributed by atoms with van der Waals surface area (Å²) >= 11 is 6.04. The maximum absolute atomic E-state index is 6.04. The van der Waals surface area contributed by atoms with Crippen LogP contribution in [0.25, 0.3) is 5.69 Å². The summed E-state index contributed by atoms with van der Waals surface area (Å²) in [5.74, 6) is 0.410. The van der Waals surface area contributed by atoms with Gasteiger partial charge in [-0.05, 0) is 24.1 Å². The second-order valence-electron chi connectivity index (χ2n) is 4.44. The third kappa shape index (κ3) is 3.68. The van der Waals surface area contributed by atoms with Crippen LogP contribution in [-0.2, 0) is 4.74 Å². The highest BCUT2D eigenvalue weighted by Gasteiger charge is 2.08. The van der Waals surface area contributed by atoms with Gasteiger partial charge in [-0.2, -0.15) is 5.10 Å². The molecule has 0 saturated heterocycles. The van der Waals surface area contributed by atoms with Crippen LogP contribution in [0.1, 0.15) is 6.92 Å². The summed E-state index contributed by atoms with van der Waals surface area (Å²) in [4.78, 5) is 3.96. The number of nitrogens with one attached hydrogen (secondary N) is 1. The predicted molar refractivity (Wildman–Crippen MR) is 75.9 cm³/mol. The molecule has 0 bridgehead atoms. The Balaban J connectivity index is 2.16. The number of hydrogen-bond donors (Lipinski definition) is 1. The van der Waals surface area contributed by atoms with Crippen LogP contribution in [0.3, 0.4) is 0 Å². The lowest BCUT2D eigenvalue weighted by molar-refractivity contribution is 0.164. The average Bonchev–Trinajstić information content (AvgIpc) is 2.90. The van der Waals surface area contributed by atoms with Crippen LogP contribution in [0.2, 0.25) is 5.02 Å². The Kier molecular flexibility index (Phi) is 4.76. The molecule has 0 aliphatic heterocycles. The third-order valence-electron chi connectivity index (χ3n) is 2.72. The fourth-order valence-corrected chi connectivity index (χ4v) is 1.98. The fraction of sp³-hybridized carbons (Fsp3) is 0.385. The van der Waals surface area contributed by atoms with E-state index in [4.69, 9.17) is 16.3 Å². The SMILES string of the molecule is COCC(C)CNc1cc(Cl)ccc1-n1cncn1. The first-order valence-electron chi connectivity index (χ1n) is 6.08. The highest BCUT2D eigenvalue weighted by Crippen LogP contribution is 2.24. The van der Waals surface area contributed by atoms with Gasteiger partial charge in [0.25, 0.3) is 0 Å². The number of hydrogen-bond acceptors (Lipinski definition) is 4. The van der Waals surface area contributed by atoms with Gasteiger partial charge in [0, 0.05) is 18.7 Å². The molecule has 1 aromatic heterocycles. The number of methoxy groups -OCH3 is 1. The molecule has 1 atom stereocenters. The molecule has 19 heavy (non-hydrogen) atoms. The summed E-state index contributed by atoms with van der Waals surface area (Å²) in [5.41, 5.74) is 1.85. The minimum Gasteiger partial charge on any atom is -0.384 e. The maximum atomic E-state index is 6.04. The smallest absolute Gasteiger partial charge is 0.138 e. The average molecular weight is 281 g/mol. The molecule has 1 aromatic carbocycles. The highest BCUT2D eigenvalue weighted by atomic mass is 35.5. The molecule has 5 nitrogen and oxygen atoms in total. The first-order valence-corrected chi connectivity index (χ1v) is 6.46. The van der Waals surface area contributed by atoms with E-state index in [1.807, 2.05) is 18.2 Å². The first kappa shape index (κ1) is 13.8. The van der Waals surface area contributed by atoms with E-state index >= 15 is 0 Å². The number of benzene rings is 1. The number of ether oxygens (including phenoxy) is 1. The number of nitrogens with zero attached hydrogens (tertiary/aromatic N) is 3. The minimum absolute atomic E-state index is 0.410. The van der Waals surface area contributed by atoms with Gasteiger partial charge in [-0.15, -0.1) is 0 Å². The van der Waals surface area contributed by atoms with Gasteiger partial charge in [0.2, 0.25) is 0 Å². The van der Waals surface area contributed by atoms with Gasteiger partial charge in [0.15, 0.2) is 0 Å². The Morgan fingerprint density at radius 2 is 2.32 bits per heavy atom. The summed E-state index contributed by atoms with van der Waals surface area (Å²) in [5, 5.41) is 8.20. The molecule has 0 amide bonds. The van der Waals surface area contributed by atoms with Crippen LogP contribution < -0.4 is 5.32 Å². The first-order chi connectivity index (χ1) is 9.20. The molecule has 0 spiro atoms. The Morgan fingerprint density at radius 1 is 1.47 bits per heavy atom. The van der Waals surface area contributed by atoms with Gasteiger partial charge in [0.05, 0.1) is 18.0 Å². The van der Waals surface area contributed by atoms with Crippen molar-refractivity contribution >= 4 is 17.3 Å². The number of halogens is 1. The van der Waals surface area contributed by atoms with Crippen LogP contribution in [0.5, 0.6) is 0 Å². The highest BCUT2D eigenvalue weighted by molar-refractivity contribution is 6.31. The molecular formula is C13H17ClN4O. The van der Waals surface area contributed by atoms with Crippen molar-refractivity contribution in [2.24, 2.45) is 5.92 Å². The second-order valence-corrected chi connectivity index (χ2v) is 4.88. The van der Waals surface area contributed by atoms with Gasteiger partial charge in [-0.25, -0.2) is 9.67 Å². The lowest BCUT2D eigenvalue weighted by atomic mass is 10.2. The van der Waals surface area contributed by atoms with E-state index in [9.17, 15) is 0 Å². The molecule has 0 saturated carbocycles. The number of aromatic nitrogens is 3. The van der Waals surface area contributed by atoms with Crippen LogP contribution in [0, 0.1) is 5.92 Å². The summed E-state index contributed by atoms with van der Waals surface area (Å²) in [6, 6.07) is 5.64. The predicted octanol–water partition coefficient (Wildman–Crippen LogP) is 2.62. The van der Waals surface area contributed by atoms with Crippen molar-refractivity contribution in [3.63, 3.8) is 0 Å². The van der Waals surface area contributed by atoms with E-state index in [0.717, 1.165) is 17.9 Å². The van der Waals surface area contributed by atoms with Crippen molar-refractivity contribution in [3.05, 3.63) is 35.9 Å². The van der Waals surface area contributed by atoms with Crippen molar-refractivity contribution in [2.75, 3.05) is 25.6 Å². The van der Waals surface area contributed by atoms with Gasteiger partial charge in [0.1, 0.15) is 12.7 Å². The van der Waals surface area contributed by atoms with Crippen molar-refractivity contribution in [1.82, 2.24) is 14.8 Å². The molecule has 0 radical (unpaired) electrons. The summed E-state index contributed by atoms with van der Waals surface area (Å²) in [6.45, 7) is 3.64. The molecule has 0 aliphatic carbocycles. The van der Waals surface area contributed by atoms with Crippen LogP contribution in [-0.4, -0.2) is 35.0 Å². The molecule has 0 aliphatic rings. The molecule has 0 fully saturated rings. The normalized spacial score (nSPS) is 12.4. The van der Waals surface area contributed by atoms with Gasteiger partial charge in [-0.3, -0.25) is 0 Å². The van der Waals surface area contributed by atoms with Crippen molar-refractivity contribution in [3.8, 4) is 5.69 Å². The van der Waals surface area contributed by atoms with E-state index < -0.39 is 0 Å². The molecule has 2 aromatic rings. The summed E-state index contributed by atoms with van der Waals surface area (Å²) in [7, 11) is 1.71. The zero-order valence-electron chi connectivity index (χ0n) is 11.0. The standard InChI is InChI=1S/C13H17ClN4O/c1-10(7-19-2)6-16-12-5-11(14)3-4-13(12)18-9-15-8-17-18/h3-5,8-10,16H,6-7H2,1-2H3. The largest absolute Gasteiger partial charge is 0.384 e. The van der Waals surface area contributed by atoms with E-state index in [-0.39, 0.29) is 0 Å². The Labute approximate surface area is 117 Å². The fourth-order valence-electron chi connectivity index (χ4n) is 1.81. The quantitative estimate of drug-likeness (QED) is 0.884. The zero-order chi connectivity index (χ0) is 13.7. The van der Waals surface area contributed by atoms with Crippen LogP contribution in [0.4, 0.5) is 5.69 Å². The van der Waals surface area contributed by atoms with Crippen LogP contribution in [0.15, 0.2) is 30.9 Å². The Hall–Kier alpha value is -1.59. The van der Waals surface area contributed by atoms with E-state index in [1.165, 1.54) is 6.33 Å². The lowest BCUT2D eigenvalue weighted by Crippen LogP contribution is -2.16. The molecule has 1 N–H and O–H groups in total. The van der Waals surface area contributed by atoms with Crippen molar-refractivity contribution < 1.29 is 4.74 Å². The molecular weight excluding hydrogens is 264 g/mol. The Bertz CT molecular complexity index is 515. The monoisotopic (exact) mass is 280 g/mol. The summed E-state index contributed by atoms with van der Waals surface area (Å²) in [6.07, 6.45) is 3.17. The van der Waals surface area contributed by atoms with Gasteiger partial charge < -0.3 is 10.1 Å². The second kappa shape index (κ2) is 6.54. The molecule has 6 heteroatoms.